The second-order valence-corrected chi connectivity index (χ2v) is 4.30. The maximum atomic E-state index is 13.7. The Balaban J connectivity index is 3.08. The molecule has 3 nitrogen and oxygen atoms in total. The molecule has 0 amide bonds. The van der Waals surface area contributed by atoms with E-state index in [2.05, 4.69) is 0 Å². The van der Waals surface area contributed by atoms with Crippen LogP contribution in [0.25, 0.3) is 0 Å². The van der Waals surface area contributed by atoms with Gasteiger partial charge in [0.15, 0.2) is 0 Å². The fourth-order valence-electron chi connectivity index (χ4n) is 1.64. The number of rotatable bonds is 4. The minimum Gasteiger partial charge on any atom is -0.497 e. The lowest BCUT2D eigenvalue weighted by molar-refractivity contribution is -0.138. The van der Waals surface area contributed by atoms with E-state index in [1.807, 2.05) is 0 Å². The second-order valence-electron chi connectivity index (χ2n) is 4.30. The van der Waals surface area contributed by atoms with Gasteiger partial charge in [0.2, 0.25) is 0 Å². The molecule has 0 saturated heterocycles. The maximum absolute atomic E-state index is 13.7. The van der Waals surface area contributed by atoms with Crippen LogP contribution in [-0.4, -0.2) is 18.2 Å². The molecule has 0 aliphatic rings. The largest absolute Gasteiger partial charge is 0.497 e. The highest BCUT2D eigenvalue weighted by Crippen LogP contribution is 2.31. The van der Waals surface area contributed by atoms with E-state index < -0.39 is 17.2 Å². The van der Waals surface area contributed by atoms with Crippen molar-refractivity contribution in [2.45, 2.75) is 25.7 Å². The highest BCUT2D eigenvalue weighted by Gasteiger charge is 2.27. The summed E-state index contributed by atoms with van der Waals surface area (Å²) in [6, 6.07) is 4.46. The molecule has 0 heterocycles. The molecule has 0 aliphatic heterocycles. The van der Waals surface area contributed by atoms with Gasteiger partial charge in [0.1, 0.15) is 11.6 Å². The van der Waals surface area contributed by atoms with E-state index >= 15 is 0 Å². The first-order chi connectivity index (χ1) is 7.36. The number of aliphatic carboxylic acids is 1. The predicted octanol–water partition coefficient (Wildman–Crippen LogP) is 2.59. The highest BCUT2D eigenvalue weighted by molar-refractivity contribution is 5.69. The zero-order valence-electron chi connectivity index (χ0n) is 9.58. The lowest BCUT2D eigenvalue weighted by atomic mass is 9.81. The molecule has 0 saturated carbocycles. The minimum absolute atomic E-state index is 0.115. The zero-order chi connectivity index (χ0) is 12.3. The van der Waals surface area contributed by atoms with Gasteiger partial charge in [-0.25, -0.2) is 4.39 Å². The van der Waals surface area contributed by atoms with Gasteiger partial charge < -0.3 is 9.84 Å². The van der Waals surface area contributed by atoms with Crippen LogP contribution < -0.4 is 4.74 Å². The van der Waals surface area contributed by atoms with Crippen LogP contribution >= 0.6 is 0 Å². The van der Waals surface area contributed by atoms with Crippen LogP contribution in [0.1, 0.15) is 25.8 Å². The molecular formula is C12H15FO3. The van der Waals surface area contributed by atoms with Crippen molar-refractivity contribution in [3.05, 3.63) is 29.6 Å². The van der Waals surface area contributed by atoms with Crippen molar-refractivity contribution in [3.63, 3.8) is 0 Å². The Morgan fingerprint density at radius 3 is 2.56 bits per heavy atom. The van der Waals surface area contributed by atoms with Gasteiger partial charge in [-0.1, -0.05) is 19.9 Å². The SMILES string of the molecule is COc1ccc(C(C)(C)CC(=O)O)c(F)c1. The molecule has 1 N–H and O–H groups in total. The Labute approximate surface area is 93.9 Å². The quantitative estimate of drug-likeness (QED) is 0.858. The average molecular weight is 226 g/mol. The van der Waals surface area contributed by atoms with Crippen LogP contribution in [0.4, 0.5) is 4.39 Å². The Hall–Kier alpha value is -1.58. The third kappa shape index (κ3) is 2.72. The summed E-state index contributed by atoms with van der Waals surface area (Å²) in [5.41, 5.74) is -0.349. The summed E-state index contributed by atoms with van der Waals surface area (Å²) < 4.78 is 18.6. The highest BCUT2D eigenvalue weighted by atomic mass is 19.1. The molecule has 4 heteroatoms. The molecule has 1 rings (SSSR count). The molecule has 0 spiro atoms. The third-order valence-electron chi connectivity index (χ3n) is 2.50. The summed E-state index contributed by atoms with van der Waals surface area (Å²) >= 11 is 0. The number of carboxylic acids is 1. The van der Waals surface area contributed by atoms with Crippen LogP contribution in [0.2, 0.25) is 0 Å². The number of carbonyl (C=O) groups is 1. The van der Waals surface area contributed by atoms with Crippen LogP contribution in [0.3, 0.4) is 0 Å². The second kappa shape index (κ2) is 4.51. The first kappa shape index (κ1) is 12.5. The summed E-state index contributed by atoms with van der Waals surface area (Å²) in [5, 5.41) is 8.75. The number of ether oxygens (including phenoxy) is 1. The maximum Gasteiger partial charge on any atom is 0.304 e. The molecule has 0 radical (unpaired) electrons. The number of hydrogen-bond acceptors (Lipinski definition) is 2. The van der Waals surface area contributed by atoms with Crippen LogP contribution in [-0.2, 0) is 10.2 Å². The van der Waals surface area contributed by atoms with Crippen LogP contribution in [0.5, 0.6) is 5.75 Å². The predicted molar refractivity (Wildman–Crippen MR) is 58.2 cm³/mol. The van der Waals surface area contributed by atoms with E-state index in [1.165, 1.54) is 13.2 Å². The molecule has 88 valence electrons. The first-order valence-electron chi connectivity index (χ1n) is 4.92. The molecule has 0 atom stereocenters. The fourth-order valence-corrected chi connectivity index (χ4v) is 1.64. The molecule has 0 aromatic heterocycles. The smallest absolute Gasteiger partial charge is 0.304 e. The summed E-state index contributed by atoms with van der Waals surface area (Å²) in [6.45, 7) is 3.40. The topological polar surface area (TPSA) is 46.5 Å². The van der Waals surface area contributed by atoms with Crippen molar-refractivity contribution in [3.8, 4) is 5.75 Å². The number of benzene rings is 1. The standard InChI is InChI=1S/C12H15FO3/c1-12(2,7-11(14)15)9-5-4-8(16-3)6-10(9)13/h4-6H,7H2,1-3H3,(H,14,15). The van der Waals surface area contributed by atoms with Gasteiger partial charge in [-0.05, 0) is 11.6 Å². The van der Waals surface area contributed by atoms with Crippen molar-refractivity contribution in [2.24, 2.45) is 0 Å². The van der Waals surface area contributed by atoms with Crippen molar-refractivity contribution >= 4 is 5.97 Å². The summed E-state index contributed by atoms with van der Waals surface area (Å²) in [7, 11) is 1.46. The van der Waals surface area contributed by atoms with E-state index in [4.69, 9.17) is 9.84 Å². The zero-order valence-corrected chi connectivity index (χ0v) is 9.58. The van der Waals surface area contributed by atoms with Gasteiger partial charge in [-0.2, -0.15) is 0 Å². The monoisotopic (exact) mass is 226 g/mol. The number of halogens is 1. The molecular weight excluding hydrogens is 211 g/mol. The molecule has 16 heavy (non-hydrogen) atoms. The third-order valence-corrected chi connectivity index (χ3v) is 2.50. The van der Waals surface area contributed by atoms with Crippen molar-refractivity contribution in [2.75, 3.05) is 7.11 Å². The molecule has 0 fully saturated rings. The van der Waals surface area contributed by atoms with Gasteiger partial charge in [-0.3, -0.25) is 4.79 Å². The summed E-state index contributed by atoms with van der Waals surface area (Å²) in [5.74, 6) is -0.960. The van der Waals surface area contributed by atoms with Gasteiger partial charge in [-0.15, -0.1) is 0 Å². The average Bonchev–Trinajstić information content (AvgIpc) is 2.14. The number of hydrogen-bond donors (Lipinski definition) is 1. The van der Waals surface area contributed by atoms with Gasteiger partial charge >= 0.3 is 5.97 Å². The van der Waals surface area contributed by atoms with E-state index in [9.17, 15) is 9.18 Å². The Kier molecular flexibility index (Phi) is 3.52. The van der Waals surface area contributed by atoms with Gasteiger partial charge in [0.05, 0.1) is 13.5 Å². The minimum atomic E-state index is -0.944. The fraction of sp³-hybridized carbons (Fsp3) is 0.417. The lowest BCUT2D eigenvalue weighted by Gasteiger charge is -2.23. The molecule has 1 aromatic rings. The van der Waals surface area contributed by atoms with E-state index in [0.29, 0.717) is 11.3 Å². The molecule has 0 bridgehead atoms. The summed E-state index contributed by atoms with van der Waals surface area (Å²) in [4.78, 5) is 10.7. The van der Waals surface area contributed by atoms with Gasteiger partial charge in [0.25, 0.3) is 0 Å². The Bertz CT molecular complexity index is 399. The number of methoxy groups -OCH3 is 1. The van der Waals surface area contributed by atoms with Crippen LogP contribution in [0.15, 0.2) is 18.2 Å². The number of carboxylic acid groups (broad SMARTS) is 1. The normalized spacial score (nSPS) is 11.2. The lowest BCUT2D eigenvalue weighted by Crippen LogP contribution is -2.23. The Morgan fingerprint density at radius 2 is 2.12 bits per heavy atom. The van der Waals surface area contributed by atoms with Crippen molar-refractivity contribution in [1.29, 1.82) is 0 Å². The molecule has 0 unspecified atom stereocenters. The van der Waals surface area contributed by atoms with Crippen molar-refractivity contribution in [1.82, 2.24) is 0 Å². The van der Waals surface area contributed by atoms with E-state index in [0.717, 1.165) is 0 Å². The van der Waals surface area contributed by atoms with Crippen molar-refractivity contribution < 1.29 is 19.0 Å². The Morgan fingerprint density at radius 1 is 1.50 bits per heavy atom. The molecule has 1 aromatic carbocycles. The first-order valence-corrected chi connectivity index (χ1v) is 4.92. The van der Waals surface area contributed by atoms with Gasteiger partial charge in [0, 0.05) is 11.5 Å². The molecule has 0 aliphatic carbocycles. The summed E-state index contributed by atoms with van der Waals surface area (Å²) in [6.07, 6.45) is -0.115. The van der Waals surface area contributed by atoms with Crippen LogP contribution in [0, 0.1) is 5.82 Å². The van der Waals surface area contributed by atoms with E-state index in [-0.39, 0.29) is 6.42 Å². The van der Waals surface area contributed by atoms with E-state index in [1.54, 1.807) is 26.0 Å².